The van der Waals surface area contributed by atoms with Crippen molar-refractivity contribution < 1.29 is 34.5 Å². The second kappa shape index (κ2) is 12.4. The van der Waals surface area contributed by atoms with Gasteiger partial charge in [-0.05, 0) is 54.8 Å². The van der Waals surface area contributed by atoms with E-state index in [1.807, 2.05) is 0 Å². The van der Waals surface area contributed by atoms with E-state index in [1.54, 1.807) is 0 Å². The van der Waals surface area contributed by atoms with E-state index in [0.717, 1.165) is 0 Å². The van der Waals surface area contributed by atoms with E-state index in [2.05, 4.69) is 10.6 Å². The fourth-order valence-corrected chi connectivity index (χ4v) is 4.38. The molecule has 2 aromatic carbocycles. The first kappa shape index (κ1) is 28.4. The summed E-state index contributed by atoms with van der Waals surface area (Å²) >= 11 is 0. The van der Waals surface area contributed by atoms with Crippen LogP contribution in [0.2, 0.25) is 0 Å². The van der Waals surface area contributed by atoms with Crippen molar-refractivity contribution >= 4 is 23.7 Å². The molecule has 1 aliphatic heterocycles. The normalized spacial score (nSPS) is 18.5. The lowest BCUT2D eigenvalue weighted by molar-refractivity contribution is -0.142. The van der Waals surface area contributed by atoms with Crippen LogP contribution in [-0.2, 0) is 25.6 Å². The third-order valence-corrected chi connectivity index (χ3v) is 6.45. The summed E-state index contributed by atoms with van der Waals surface area (Å²) in [6, 6.07) is 5.15. The average molecular weight is 528 g/mol. The van der Waals surface area contributed by atoms with Crippen molar-refractivity contribution in [1.82, 2.24) is 15.5 Å². The first-order valence-corrected chi connectivity index (χ1v) is 12.2. The maximum absolute atomic E-state index is 13.3. The van der Waals surface area contributed by atoms with E-state index in [9.17, 15) is 34.5 Å². The molecule has 2 aromatic rings. The third-order valence-electron chi connectivity index (χ3n) is 6.45. The van der Waals surface area contributed by atoms with Crippen LogP contribution in [0.25, 0.3) is 11.1 Å². The smallest absolute Gasteiger partial charge is 0.326 e. The van der Waals surface area contributed by atoms with Crippen LogP contribution in [0.15, 0.2) is 36.4 Å². The molecule has 0 saturated heterocycles. The summed E-state index contributed by atoms with van der Waals surface area (Å²) in [7, 11) is 1.41. The number of nitrogens with two attached hydrogens (primary N) is 2. The highest BCUT2D eigenvalue weighted by molar-refractivity contribution is 5.94. The molecule has 12 heteroatoms. The van der Waals surface area contributed by atoms with Gasteiger partial charge in [0.15, 0.2) is 0 Å². The lowest BCUT2D eigenvalue weighted by Gasteiger charge is -2.30. The molecule has 204 valence electrons. The third kappa shape index (κ3) is 6.58. The van der Waals surface area contributed by atoms with Gasteiger partial charge in [0.05, 0.1) is 12.6 Å². The van der Waals surface area contributed by atoms with Gasteiger partial charge in [-0.1, -0.05) is 18.6 Å². The topological polar surface area (TPSA) is 208 Å². The van der Waals surface area contributed by atoms with Gasteiger partial charge < -0.3 is 42.3 Å². The van der Waals surface area contributed by atoms with E-state index in [0.29, 0.717) is 36.9 Å². The number of benzene rings is 2. The van der Waals surface area contributed by atoms with Gasteiger partial charge in [-0.3, -0.25) is 14.4 Å². The molecule has 12 nitrogen and oxygen atoms in total. The fraction of sp³-hybridized carbons (Fsp3) is 0.385. The van der Waals surface area contributed by atoms with Crippen LogP contribution in [0.5, 0.6) is 11.5 Å². The number of hydrogen-bond donors (Lipinski definition) is 7. The van der Waals surface area contributed by atoms with Crippen molar-refractivity contribution in [2.24, 2.45) is 11.5 Å². The number of phenols is 2. The first-order chi connectivity index (χ1) is 18.0. The van der Waals surface area contributed by atoms with Crippen LogP contribution in [0, 0.1) is 0 Å². The number of aliphatic carboxylic acids is 1. The standard InChI is InChI=1S/C26H33N5O7/c1-31(25(36)18(28)4-2-3-9-27)23-15-6-8-21(33)17(12-15)16-10-14(5-7-20(16)32)11-19(26(37)38)30-22(34)13-29-24(23)35/h5-8,10,12,18-19,23,32-33H,2-4,9,11,13,27-28H2,1H3,(H,29,35)(H,30,34)(H,37,38)/t18-,19-,23-/m0/s1. The predicted molar refractivity (Wildman–Crippen MR) is 138 cm³/mol. The van der Waals surface area contributed by atoms with Gasteiger partial charge in [-0.25, -0.2) is 4.79 Å². The Hall–Kier alpha value is -4.16. The summed E-state index contributed by atoms with van der Waals surface area (Å²) in [5.41, 5.74) is 12.7. The Kier molecular flexibility index (Phi) is 9.26. The number of nitrogens with one attached hydrogen (secondary N) is 2. The highest BCUT2D eigenvalue weighted by Crippen LogP contribution is 2.38. The zero-order valence-electron chi connectivity index (χ0n) is 21.0. The van der Waals surface area contributed by atoms with Gasteiger partial charge in [-0.15, -0.1) is 0 Å². The van der Waals surface area contributed by atoms with Crippen LogP contribution < -0.4 is 22.1 Å². The zero-order chi connectivity index (χ0) is 28.0. The quantitative estimate of drug-likeness (QED) is 0.241. The van der Waals surface area contributed by atoms with Crippen molar-refractivity contribution in [1.29, 1.82) is 0 Å². The lowest BCUT2D eigenvalue weighted by Crippen LogP contribution is -2.50. The molecule has 9 N–H and O–H groups in total. The summed E-state index contributed by atoms with van der Waals surface area (Å²) in [5, 5.41) is 35.6. The Morgan fingerprint density at radius 3 is 2.39 bits per heavy atom. The number of carbonyl (C=O) groups excluding carboxylic acids is 3. The summed E-state index contributed by atoms with van der Waals surface area (Å²) in [6.07, 6.45) is 1.56. The fourth-order valence-electron chi connectivity index (χ4n) is 4.38. The van der Waals surface area contributed by atoms with Crippen molar-refractivity contribution in [2.75, 3.05) is 20.1 Å². The van der Waals surface area contributed by atoms with Crippen molar-refractivity contribution in [3.63, 3.8) is 0 Å². The minimum Gasteiger partial charge on any atom is -0.507 e. The molecule has 1 heterocycles. The highest BCUT2D eigenvalue weighted by atomic mass is 16.4. The summed E-state index contributed by atoms with van der Waals surface area (Å²) in [4.78, 5) is 51.9. The number of rotatable bonds is 7. The molecule has 0 saturated carbocycles. The second-order valence-corrected chi connectivity index (χ2v) is 9.25. The molecule has 3 rings (SSSR count). The molecule has 3 atom stereocenters. The summed E-state index contributed by atoms with van der Waals surface area (Å²) in [5.74, 6) is -3.66. The number of carbonyl (C=O) groups is 4. The highest BCUT2D eigenvalue weighted by Gasteiger charge is 2.32. The molecular formula is C26H33N5O7. The number of fused-ring (bicyclic) bond motifs is 5. The van der Waals surface area contributed by atoms with Crippen LogP contribution >= 0.6 is 0 Å². The molecule has 0 unspecified atom stereocenters. The van der Waals surface area contributed by atoms with Crippen molar-refractivity contribution in [2.45, 2.75) is 43.8 Å². The zero-order valence-corrected chi connectivity index (χ0v) is 21.0. The maximum atomic E-state index is 13.3. The number of likely N-dealkylation sites (N-methyl/N-ethyl adjacent to an activating group) is 1. The van der Waals surface area contributed by atoms with Gasteiger partial charge in [-0.2, -0.15) is 0 Å². The Balaban J connectivity index is 2.10. The average Bonchev–Trinajstić information content (AvgIpc) is 2.88. The molecule has 0 aliphatic carbocycles. The van der Waals surface area contributed by atoms with E-state index in [-0.39, 0.29) is 29.0 Å². The van der Waals surface area contributed by atoms with Gasteiger partial charge in [0.25, 0.3) is 0 Å². The summed E-state index contributed by atoms with van der Waals surface area (Å²) < 4.78 is 0. The van der Waals surface area contributed by atoms with Crippen molar-refractivity contribution in [3.8, 4) is 22.6 Å². The SMILES string of the molecule is CN(C(=O)[C@@H](N)CCCCN)[C@@H]1C(=O)NCC(=O)N[C@H](C(=O)O)Cc2ccc(O)c(c2)-c2cc1ccc2O. The largest absolute Gasteiger partial charge is 0.507 e. The van der Waals surface area contributed by atoms with E-state index >= 15 is 0 Å². The number of unbranched alkanes of at least 4 members (excludes halogenated alkanes) is 1. The van der Waals surface area contributed by atoms with Crippen molar-refractivity contribution in [3.05, 3.63) is 47.5 Å². The molecule has 0 fully saturated rings. The predicted octanol–water partition coefficient (Wildman–Crippen LogP) is -0.0377. The number of phenolic OH excluding ortho intramolecular Hbond substituents is 2. The Labute approximate surface area is 219 Å². The monoisotopic (exact) mass is 527 g/mol. The second-order valence-electron chi connectivity index (χ2n) is 9.25. The Morgan fingerprint density at radius 1 is 1.08 bits per heavy atom. The van der Waals surface area contributed by atoms with Gasteiger partial charge in [0.1, 0.15) is 23.6 Å². The van der Waals surface area contributed by atoms with Crippen LogP contribution in [0.3, 0.4) is 0 Å². The number of carboxylic acid groups (broad SMARTS) is 1. The number of amides is 3. The molecule has 0 radical (unpaired) electrons. The minimum absolute atomic E-state index is 0.106. The molecule has 1 aliphatic rings. The first-order valence-electron chi connectivity index (χ1n) is 12.2. The van der Waals surface area contributed by atoms with E-state index < -0.39 is 48.4 Å². The number of carboxylic acids is 1. The molecule has 3 amide bonds. The number of aromatic hydroxyl groups is 2. The Morgan fingerprint density at radius 2 is 1.74 bits per heavy atom. The molecular weight excluding hydrogens is 494 g/mol. The minimum atomic E-state index is -1.31. The molecule has 0 spiro atoms. The van der Waals surface area contributed by atoms with E-state index in [4.69, 9.17) is 11.5 Å². The lowest BCUT2D eigenvalue weighted by atomic mass is 9.94. The van der Waals surface area contributed by atoms with Crippen LogP contribution in [-0.4, -0.2) is 76.1 Å². The maximum Gasteiger partial charge on any atom is 0.326 e. The molecule has 4 bridgehead atoms. The Bertz CT molecular complexity index is 1220. The van der Waals surface area contributed by atoms with Crippen LogP contribution in [0.4, 0.5) is 0 Å². The number of hydrogen-bond acceptors (Lipinski definition) is 8. The van der Waals surface area contributed by atoms with Gasteiger partial charge in [0, 0.05) is 24.6 Å². The molecule has 0 aromatic heterocycles. The molecule has 38 heavy (non-hydrogen) atoms. The number of nitrogens with zero attached hydrogens (tertiary/aromatic N) is 1. The van der Waals surface area contributed by atoms with Gasteiger partial charge >= 0.3 is 5.97 Å². The summed E-state index contributed by atoms with van der Waals surface area (Å²) in [6.45, 7) is -0.0770. The van der Waals surface area contributed by atoms with Crippen LogP contribution in [0.1, 0.15) is 36.4 Å². The van der Waals surface area contributed by atoms with Gasteiger partial charge in [0.2, 0.25) is 17.7 Å². The van der Waals surface area contributed by atoms with E-state index in [1.165, 1.54) is 48.3 Å².